The lowest BCUT2D eigenvalue weighted by Crippen LogP contribution is -2.08. The highest BCUT2D eigenvalue weighted by atomic mass is 16.5. The second-order valence-electron chi connectivity index (χ2n) is 3.82. The van der Waals surface area contributed by atoms with Crippen molar-refractivity contribution in [3.8, 4) is 0 Å². The molecule has 0 amide bonds. The summed E-state index contributed by atoms with van der Waals surface area (Å²) in [6.45, 7) is 6.38. The smallest absolute Gasteiger partial charge is 0.306 e. The van der Waals surface area contributed by atoms with Gasteiger partial charge < -0.3 is 4.74 Å². The molecule has 0 aliphatic rings. The van der Waals surface area contributed by atoms with Gasteiger partial charge in [0.05, 0.1) is 13.0 Å². The molecule has 0 aliphatic carbocycles. The van der Waals surface area contributed by atoms with E-state index in [0.29, 0.717) is 13.0 Å². The van der Waals surface area contributed by atoms with Gasteiger partial charge >= 0.3 is 5.97 Å². The molecule has 0 heterocycles. The summed E-state index contributed by atoms with van der Waals surface area (Å²) in [6, 6.07) is 8.27. The molecule has 0 saturated heterocycles. The SMILES string of the molecule is CCOC(=O)C[C@H](C)c1ccc(C)cc1. The highest BCUT2D eigenvalue weighted by Crippen LogP contribution is 2.19. The Morgan fingerprint density at radius 3 is 2.47 bits per heavy atom. The topological polar surface area (TPSA) is 26.3 Å². The van der Waals surface area contributed by atoms with Crippen LogP contribution in [0.4, 0.5) is 0 Å². The molecule has 0 spiro atoms. The maximum absolute atomic E-state index is 11.3. The van der Waals surface area contributed by atoms with E-state index in [-0.39, 0.29) is 11.9 Å². The summed E-state index contributed by atoms with van der Waals surface area (Å²) in [5, 5.41) is 0. The van der Waals surface area contributed by atoms with E-state index >= 15 is 0 Å². The van der Waals surface area contributed by atoms with E-state index in [1.54, 1.807) is 0 Å². The van der Waals surface area contributed by atoms with Gasteiger partial charge in [0.15, 0.2) is 0 Å². The van der Waals surface area contributed by atoms with Crippen LogP contribution in [0.3, 0.4) is 0 Å². The molecule has 0 unspecified atom stereocenters. The summed E-state index contributed by atoms with van der Waals surface area (Å²) < 4.78 is 4.92. The minimum Gasteiger partial charge on any atom is -0.466 e. The maximum Gasteiger partial charge on any atom is 0.306 e. The van der Waals surface area contributed by atoms with Crippen LogP contribution in [-0.2, 0) is 9.53 Å². The van der Waals surface area contributed by atoms with Crippen molar-refractivity contribution in [1.82, 2.24) is 0 Å². The number of carbonyl (C=O) groups is 1. The summed E-state index contributed by atoms with van der Waals surface area (Å²) in [7, 11) is 0. The molecule has 0 bridgehead atoms. The van der Waals surface area contributed by atoms with Crippen molar-refractivity contribution in [2.75, 3.05) is 6.61 Å². The predicted octanol–water partition coefficient (Wildman–Crippen LogP) is 3.05. The first kappa shape index (κ1) is 11.8. The van der Waals surface area contributed by atoms with E-state index in [2.05, 4.69) is 31.2 Å². The minimum atomic E-state index is -0.120. The van der Waals surface area contributed by atoms with Crippen molar-refractivity contribution in [3.05, 3.63) is 35.4 Å². The highest BCUT2D eigenvalue weighted by Gasteiger charge is 2.11. The van der Waals surface area contributed by atoms with Gasteiger partial charge in [-0.2, -0.15) is 0 Å². The first-order valence-corrected chi connectivity index (χ1v) is 5.35. The largest absolute Gasteiger partial charge is 0.466 e. The lowest BCUT2D eigenvalue weighted by Gasteiger charge is -2.11. The number of benzene rings is 1. The van der Waals surface area contributed by atoms with Gasteiger partial charge in [0.25, 0.3) is 0 Å². The fraction of sp³-hybridized carbons (Fsp3) is 0.462. The molecule has 1 atom stereocenters. The van der Waals surface area contributed by atoms with Gasteiger partial charge in [-0.15, -0.1) is 0 Å². The van der Waals surface area contributed by atoms with Crippen molar-refractivity contribution >= 4 is 5.97 Å². The number of rotatable bonds is 4. The van der Waals surface area contributed by atoms with E-state index in [4.69, 9.17) is 4.74 Å². The van der Waals surface area contributed by atoms with Crippen LogP contribution in [-0.4, -0.2) is 12.6 Å². The van der Waals surface area contributed by atoms with Gasteiger partial charge in [-0.05, 0) is 25.3 Å². The van der Waals surface area contributed by atoms with Gasteiger partial charge in [-0.25, -0.2) is 0 Å². The highest BCUT2D eigenvalue weighted by molar-refractivity contribution is 5.70. The Kier molecular flexibility index (Phi) is 4.35. The third-order valence-corrected chi connectivity index (χ3v) is 2.42. The molecule has 1 aromatic carbocycles. The van der Waals surface area contributed by atoms with Gasteiger partial charge in [0.1, 0.15) is 0 Å². The first-order valence-electron chi connectivity index (χ1n) is 5.35. The number of esters is 1. The van der Waals surface area contributed by atoms with Crippen molar-refractivity contribution in [3.63, 3.8) is 0 Å². The molecular formula is C13H18O2. The predicted molar refractivity (Wildman–Crippen MR) is 60.8 cm³/mol. The zero-order valence-electron chi connectivity index (χ0n) is 9.62. The lowest BCUT2D eigenvalue weighted by molar-refractivity contribution is -0.143. The second-order valence-corrected chi connectivity index (χ2v) is 3.82. The first-order chi connectivity index (χ1) is 7.13. The standard InChI is InChI=1S/C13H18O2/c1-4-15-13(14)9-11(3)12-7-5-10(2)6-8-12/h5-8,11H,4,9H2,1-3H3/t11-/m0/s1. The molecule has 0 fully saturated rings. The van der Waals surface area contributed by atoms with Crippen LogP contribution in [0.1, 0.15) is 37.3 Å². The van der Waals surface area contributed by atoms with E-state index in [1.807, 2.05) is 13.8 Å². The molecule has 0 saturated carbocycles. The van der Waals surface area contributed by atoms with Crippen LogP contribution in [0.5, 0.6) is 0 Å². The molecular weight excluding hydrogens is 188 g/mol. The van der Waals surface area contributed by atoms with Crippen molar-refractivity contribution in [1.29, 1.82) is 0 Å². The lowest BCUT2D eigenvalue weighted by atomic mass is 9.97. The van der Waals surface area contributed by atoms with Crippen LogP contribution >= 0.6 is 0 Å². The molecule has 1 rings (SSSR count). The zero-order valence-corrected chi connectivity index (χ0v) is 9.62. The monoisotopic (exact) mass is 206 g/mol. The summed E-state index contributed by atoms with van der Waals surface area (Å²) in [6.07, 6.45) is 0.455. The number of carbonyl (C=O) groups excluding carboxylic acids is 1. The molecule has 82 valence electrons. The maximum atomic E-state index is 11.3. The Hall–Kier alpha value is -1.31. The minimum absolute atomic E-state index is 0.120. The number of aryl methyl sites for hydroxylation is 1. The average molecular weight is 206 g/mol. The molecule has 2 nitrogen and oxygen atoms in total. The fourth-order valence-electron chi connectivity index (χ4n) is 1.48. The Labute approximate surface area is 91.3 Å². The quantitative estimate of drug-likeness (QED) is 0.708. The summed E-state index contributed by atoms with van der Waals surface area (Å²) in [5.74, 6) is 0.107. The van der Waals surface area contributed by atoms with Crippen LogP contribution in [0, 0.1) is 6.92 Å². The summed E-state index contributed by atoms with van der Waals surface area (Å²) in [4.78, 5) is 11.3. The van der Waals surface area contributed by atoms with Crippen molar-refractivity contribution < 1.29 is 9.53 Å². The van der Waals surface area contributed by atoms with Gasteiger partial charge in [-0.3, -0.25) is 4.79 Å². The van der Waals surface area contributed by atoms with Crippen molar-refractivity contribution in [2.24, 2.45) is 0 Å². The van der Waals surface area contributed by atoms with E-state index < -0.39 is 0 Å². The van der Waals surface area contributed by atoms with Crippen LogP contribution in [0.25, 0.3) is 0 Å². The Morgan fingerprint density at radius 1 is 1.33 bits per heavy atom. The van der Waals surface area contributed by atoms with E-state index in [0.717, 1.165) is 0 Å². The molecule has 0 aromatic heterocycles. The van der Waals surface area contributed by atoms with Gasteiger partial charge in [0, 0.05) is 0 Å². The summed E-state index contributed by atoms with van der Waals surface area (Å²) in [5.41, 5.74) is 2.43. The average Bonchev–Trinajstić information content (AvgIpc) is 2.18. The third kappa shape index (κ3) is 3.74. The van der Waals surface area contributed by atoms with Crippen molar-refractivity contribution in [2.45, 2.75) is 33.1 Å². The molecule has 0 N–H and O–H groups in total. The third-order valence-electron chi connectivity index (χ3n) is 2.42. The van der Waals surface area contributed by atoms with Crippen LogP contribution < -0.4 is 0 Å². The molecule has 2 heteroatoms. The second kappa shape index (κ2) is 5.54. The van der Waals surface area contributed by atoms with E-state index in [1.165, 1.54) is 11.1 Å². The Bertz CT molecular complexity index is 314. The number of ether oxygens (including phenoxy) is 1. The van der Waals surface area contributed by atoms with Crippen LogP contribution in [0.15, 0.2) is 24.3 Å². The zero-order chi connectivity index (χ0) is 11.3. The summed E-state index contributed by atoms with van der Waals surface area (Å²) >= 11 is 0. The van der Waals surface area contributed by atoms with Crippen LogP contribution in [0.2, 0.25) is 0 Å². The Morgan fingerprint density at radius 2 is 1.93 bits per heavy atom. The Balaban J connectivity index is 2.57. The molecule has 0 aliphatic heterocycles. The fourth-order valence-corrected chi connectivity index (χ4v) is 1.48. The van der Waals surface area contributed by atoms with Gasteiger partial charge in [-0.1, -0.05) is 36.8 Å². The molecule has 0 radical (unpaired) electrons. The normalized spacial score (nSPS) is 12.2. The van der Waals surface area contributed by atoms with E-state index in [9.17, 15) is 4.79 Å². The number of hydrogen-bond donors (Lipinski definition) is 0. The molecule has 15 heavy (non-hydrogen) atoms. The molecule has 1 aromatic rings. The van der Waals surface area contributed by atoms with Gasteiger partial charge in [0.2, 0.25) is 0 Å². The number of hydrogen-bond acceptors (Lipinski definition) is 2.